The van der Waals surface area contributed by atoms with Crippen LogP contribution in [-0.2, 0) is 4.79 Å². The number of carboxylic acids is 1. The third-order valence-corrected chi connectivity index (χ3v) is 4.06. The largest absolute Gasteiger partial charge is 0.481 e. The Labute approximate surface area is 126 Å². The predicted octanol–water partition coefficient (Wildman–Crippen LogP) is 2.88. The van der Waals surface area contributed by atoms with E-state index in [2.05, 4.69) is 4.98 Å². The molecule has 0 spiro atoms. The molecule has 0 radical (unpaired) electrons. The van der Waals surface area contributed by atoms with Gasteiger partial charge in [0, 0.05) is 12.2 Å². The number of rotatable bonds is 5. The second-order valence-corrected chi connectivity index (χ2v) is 5.51. The third-order valence-electron chi connectivity index (χ3n) is 3.14. The summed E-state index contributed by atoms with van der Waals surface area (Å²) >= 11 is 1.27. The van der Waals surface area contributed by atoms with E-state index in [1.165, 1.54) is 16.2 Å². The van der Waals surface area contributed by atoms with Crippen molar-refractivity contribution in [2.45, 2.75) is 20.3 Å². The van der Waals surface area contributed by atoms with E-state index in [1.54, 1.807) is 12.4 Å². The minimum Gasteiger partial charge on any atom is -0.481 e. The molecule has 110 valence electrons. The molecule has 0 saturated carbocycles. The Morgan fingerprint density at radius 3 is 2.57 bits per heavy atom. The number of amides is 1. The van der Waals surface area contributed by atoms with Crippen LogP contribution in [0.5, 0.6) is 0 Å². The number of anilines is 1. The topological polar surface area (TPSA) is 70.5 Å². The van der Waals surface area contributed by atoms with Crippen molar-refractivity contribution in [2.24, 2.45) is 0 Å². The van der Waals surface area contributed by atoms with Gasteiger partial charge in [0.2, 0.25) is 0 Å². The number of aromatic nitrogens is 1. The Morgan fingerprint density at radius 2 is 2.00 bits per heavy atom. The lowest BCUT2D eigenvalue weighted by Gasteiger charge is -2.23. The Morgan fingerprint density at radius 1 is 1.29 bits per heavy atom. The van der Waals surface area contributed by atoms with E-state index in [4.69, 9.17) is 5.11 Å². The van der Waals surface area contributed by atoms with Crippen molar-refractivity contribution >= 4 is 28.9 Å². The molecular weight excluding hydrogens is 288 g/mol. The predicted molar refractivity (Wildman–Crippen MR) is 82.0 cm³/mol. The number of para-hydroxylation sites is 1. The highest BCUT2D eigenvalue weighted by Crippen LogP contribution is 2.24. The van der Waals surface area contributed by atoms with Crippen LogP contribution < -0.4 is 4.90 Å². The fourth-order valence-electron chi connectivity index (χ4n) is 2.03. The van der Waals surface area contributed by atoms with Gasteiger partial charge in [0.25, 0.3) is 5.91 Å². The smallest absolute Gasteiger partial charge is 0.305 e. The minimum absolute atomic E-state index is 0.0993. The van der Waals surface area contributed by atoms with Crippen LogP contribution in [0.3, 0.4) is 0 Å². The molecule has 21 heavy (non-hydrogen) atoms. The zero-order valence-electron chi connectivity index (χ0n) is 11.9. The zero-order chi connectivity index (χ0) is 15.4. The van der Waals surface area contributed by atoms with Crippen LogP contribution in [0.2, 0.25) is 0 Å². The monoisotopic (exact) mass is 304 g/mol. The highest BCUT2D eigenvalue weighted by atomic mass is 32.1. The number of aliphatic carboxylic acids is 1. The summed E-state index contributed by atoms with van der Waals surface area (Å²) in [6.45, 7) is 3.81. The third kappa shape index (κ3) is 3.46. The Hall–Kier alpha value is -2.21. The molecular formula is C15H16N2O3S. The lowest BCUT2D eigenvalue weighted by atomic mass is 10.1. The van der Waals surface area contributed by atoms with Gasteiger partial charge in [-0.15, -0.1) is 11.3 Å². The first kappa shape index (κ1) is 15.2. The Kier molecular flexibility index (Phi) is 4.70. The van der Waals surface area contributed by atoms with Crippen molar-refractivity contribution in [2.75, 3.05) is 11.4 Å². The maximum absolute atomic E-state index is 12.7. The van der Waals surface area contributed by atoms with Crippen molar-refractivity contribution in [3.63, 3.8) is 0 Å². The molecule has 2 rings (SSSR count). The van der Waals surface area contributed by atoms with Gasteiger partial charge in [-0.2, -0.15) is 0 Å². The van der Waals surface area contributed by atoms with Crippen LogP contribution in [0, 0.1) is 13.8 Å². The fraction of sp³-hybridized carbons (Fsp3) is 0.267. The molecule has 0 bridgehead atoms. The van der Waals surface area contributed by atoms with Gasteiger partial charge in [0.1, 0.15) is 4.88 Å². The average Bonchev–Trinajstić information content (AvgIpc) is 2.86. The molecule has 1 aromatic heterocycles. The van der Waals surface area contributed by atoms with E-state index in [9.17, 15) is 9.59 Å². The number of nitrogens with zero attached hydrogens (tertiary/aromatic N) is 2. The molecule has 0 atom stereocenters. The molecule has 0 unspecified atom stereocenters. The fourth-order valence-corrected chi connectivity index (χ4v) is 2.79. The second kappa shape index (κ2) is 6.49. The van der Waals surface area contributed by atoms with E-state index in [-0.39, 0.29) is 18.9 Å². The van der Waals surface area contributed by atoms with Crippen molar-refractivity contribution in [3.05, 3.63) is 45.9 Å². The summed E-state index contributed by atoms with van der Waals surface area (Å²) < 4.78 is 0. The van der Waals surface area contributed by atoms with Crippen molar-refractivity contribution in [3.8, 4) is 0 Å². The number of benzene rings is 1. The van der Waals surface area contributed by atoms with Crippen molar-refractivity contribution in [1.82, 2.24) is 4.98 Å². The molecule has 1 aromatic carbocycles. The van der Waals surface area contributed by atoms with Crippen LogP contribution in [0.1, 0.15) is 27.3 Å². The second-order valence-electron chi connectivity index (χ2n) is 4.65. The van der Waals surface area contributed by atoms with Crippen LogP contribution in [0.25, 0.3) is 0 Å². The maximum Gasteiger partial charge on any atom is 0.305 e. The molecule has 1 N–H and O–H groups in total. The van der Waals surface area contributed by atoms with E-state index in [1.807, 2.05) is 31.2 Å². The zero-order valence-corrected chi connectivity index (χ0v) is 12.7. The van der Waals surface area contributed by atoms with E-state index in [0.717, 1.165) is 11.3 Å². The number of carbonyl (C=O) groups excluding carboxylic acids is 1. The molecule has 1 amide bonds. The van der Waals surface area contributed by atoms with Crippen LogP contribution >= 0.6 is 11.3 Å². The number of carboxylic acid groups (broad SMARTS) is 1. The summed E-state index contributed by atoms with van der Waals surface area (Å²) in [7, 11) is 0. The Balaban J connectivity index is 2.37. The molecule has 1 heterocycles. The van der Waals surface area contributed by atoms with E-state index < -0.39 is 5.97 Å². The number of aryl methyl sites for hydroxylation is 2. The highest BCUT2D eigenvalue weighted by molar-refractivity contribution is 7.12. The van der Waals surface area contributed by atoms with Crippen LogP contribution in [-0.4, -0.2) is 28.5 Å². The van der Waals surface area contributed by atoms with Crippen LogP contribution in [0.15, 0.2) is 29.8 Å². The van der Waals surface area contributed by atoms with Gasteiger partial charge in [-0.3, -0.25) is 9.59 Å². The SMILES string of the molecule is Cc1ccccc1N(CCC(=O)O)C(=O)c1scnc1C. The first-order valence-corrected chi connectivity index (χ1v) is 7.38. The quantitative estimate of drug-likeness (QED) is 0.922. The molecule has 6 heteroatoms. The minimum atomic E-state index is -0.928. The summed E-state index contributed by atoms with van der Waals surface area (Å²) in [5, 5.41) is 8.90. The molecule has 0 aliphatic carbocycles. The molecule has 0 fully saturated rings. The first-order chi connectivity index (χ1) is 10.0. The summed E-state index contributed by atoms with van der Waals surface area (Å²) in [5.41, 5.74) is 3.95. The number of thiazole rings is 1. The number of hydrogen-bond acceptors (Lipinski definition) is 4. The lowest BCUT2D eigenvalue weighted by molar-refractivity contribution is -0.136. The summed E-state index contributed by atoms with van der Waals surface area (Å²) in [6.07, 6.45) is -0.0993. The van der Waals surface area contributed by atoms with Gasteiger partial charge in [-0.25, -0.2) is 4.98 Å². The molecule has 5 nitrogen and oxygen atoms in total. The average molecular weight is 304 g/mol. The van der Waals surface area contributed by atoms with E-state index >= 15 is 0 Å². The maximum atomic E-state index is 12.7. The van der Waals surface area contributed by atoms with E-state index in [0.29, 0.717) is 10.6 Å². The van der Waals surface area contributed by atoms with Crippen LogP contribution in [0.4, 0.5) is 5.69 Å². The summed E-state index contributed by atoms with van der Waals surface area (Å²) in [5.74, 6) is -1.13. The van der Waals surface area contributed by atoms with Crippen molar-refractivity contribution in [1.29, 1.82) is 0 Å². The summed E-state index contributed by atoms with van der Waals surface area (Å²) in [6, 6.07) is 7.45. The normalized spacial score (nSPS) is 10.4. The molecule has 2 aromatic rings. The standard InChI is InChI=1S/C15H16N2O3S/c1-10-5-3-4-6-12(10)17(8-7-13(18)19)15(20)14-11(2)16-9-21-14/h3-6,9H,7-8H2,1-2H3,(H,18,19). The van der Waals surface area contributed by atoms with Gasteiger partial charge >= 0.3 is 5.97 Å². The van der Waals surface area contributed by atoms with Gasteiger partial charge in [0.15, 0.2) is 0 Å². The summed E-state index contributed by atoms with van der Waals surface area (Å²) in [4.78, 5) is 29.7. The molecule has 0 saturated heterocycles. The molecule has 0 aliphatic heterocycles. The molecule has 0 aliphatic rings. The van der Waals surface area contributed by atoms with Crippen molar-refractivity contribution < 1.29 is 14.7 Å². The number of carbonyl (C=O) groups is 2. The van der Waals surface area contributed by atoms with Gasteiger partial charge in [-0.05, 0) is 25.5 Å². The Bertz CT molecular complexity index is 666. The highest BCUT2D eigenvalue weighted by Gasteiger charge is 2.22. The van der Waals surface area contributed by atoms with Gasteiger partial charge in [-0.1, -0.05) is 18.2 Å². The lowest BCUT2D eigenvalue weighted by Crippen LogP contribution is -2.33. The van der Waals surface area contributed by atoms with Gasteiger partial charge in [0.05, 0.1) is 17.6 Å². The first-order valence-electron chi connectivity index (χ1n) is 6.50. The number of hydrogen-bond donors (Lipinski definition) is 1. The van der Waals surface area contributed by atoms with Gasteiger partial charge < -0.3 is 10.0 Å².